The number of aryl methyl sites for hydroxylation is 1. The van der Waals surface area contributed by atoms with E-state index in [-0.39, 0.29) is 11.7 Å². The van der Waals surface area contributed by atoms with Crippen LogP contribution < -0.4 is 10.1 Å². The number of nitrogens with zero attached hydrogens (tertiary/aromatic N) is 3. The van der Waals surface area contributed by atoms with Crippen LogP contribution in [0.5, 0.6) is 5.75 Å². The third-order valence-corrected chi connectivity index (χ3v) is 5.25. The van der Waals surface area contributed by atoms with Crippen LogP contribution in [-0.2, 0) is 11.2 Å². The summed E-state index contributed by atoms with van der Waals surface area (Å²) in [6, 6.07) is 12.6. The largest absolute Gasteiger partial charge is 0.493 e. The SMILES string of the molecule is COc1cn(-c2ccc(CC3CNCCO3)cc2-c2ccc(C#N)c(F)c2)nc1C. The number of ether oxygens (including phenoxy) is 2. The molecule has 1 aliphatic heterocycles. The minimum atomic E-state index is -0.541. The molecule has 0 radical (unpaired) electrons. The summed E-state index contributed by atoms with van der Waals surface area (Å²) in [6.45, 7) is 4.24. The van der Waals surface area contributed by atoms with E-state index < -0.39 is 5.82 Å². The van der Waals surface area contributed by atoms with E-state index in [4.69, 9.17) is 14.7 Å². The van der Waals surface area contributed by atoms with Gasteiger partial charge in [-0.05, 0) is 48.7 Å². The zero-order valence-corrected chi connectivity index (χ0v) is 17.0. The van der Waals surface area contributed by atoms with E-state index in [0.29, 0.717) is 17.9 Å². The lowest BCUT2D eigenvalue weighted by molar-refractivity contribution is 0.0292. The average Bonchev–Trinajstić information content (AvgIpc) is 3.15. The quantitative estimate of drug-likeness (QED) is 0.703. The molecule has 1 fully saturated rings. The molecule has 1 atom stereocenters. The summed E-state index contributed by atoms with van der Waals surface area (Å²) in [5, 5.41) is 17.0. The minimum absolute atomic E-state index is 0.0229. The highest BCUT2D eigenvalue weighted by Gasteiger charge is 2.17. The molecule has 0 aliphatic carbocycles. The number of methoxy groups -OCH3 is 1. The Bertz CT molecular complexity index is 1100. The van der Waals surface area contributed by atoms with Crippen molar-refractivity contribution in [3.05, 3.63) is 65.2 Å². The summed E-state index contributed by atoms with van der Waals surface area (Å²) in [5.41, 5.74) is 4.18. The Labute approximate surface area is 174 Å². The number of aromatic nitrogens is 2. The zero-order chi connectivity index (χ0) is 21.1. The third-order valence-electron chi connectivity index (χ3n) is 5.25. The molecule has 7 heteroatoms. The fourth-order valence-electron chi connectivity index (χ4n) is 3.70. The second kappa shape index (κ2) is 8.66. The number of rotatable bonds is 5. The summed E-state index contributed by atoms with van der Waals surface area (Å²) in [5.74, 6) is 0.137. The number of morpholine rings is 1. The van der Waals surface area contributed by atoms with Crippen LogP contribution in [0.1, 0.15) is 16.8 Å². The van der Waals surface area contributed by atoms with E-state index in [1.807, 2.05) is 37.4 Å². The maximum Gasteiger partial charge on any atom is 0.160 e. The van der Waals surface area contributed by atoms with Crippen LogP contribution in [0.25, 0.3) is 16.8 Å². The fourth-order valence-corrected chi connectivity index (χ4v) is 3.70. The molecule has 0 bridgehead atoms. The third kappa shape index (κ3) is 4.06. The maximum atomic E-state index is 14.4. The van der Waals surface area contributed by atoms with Crippen molar-refractivity contribution in [1.29, 1.82) is 5.26 Å². The Kier molecular flexibility index (Phi) is 5.79. The van der Waals surface area contributed by atoms with E-state index >= 15 is 0 Å². The Morgan fingerprint density at radius 1 is 1.33 bits per heavy atom. The van der Waals surface area contributed by atoms with Gasteiger partial charge in [0.05, 0.1) is 37.3 Å². The normalized spacial score (nSPS) is 16.3. The first-order valence-corrected chi connectivity index (χ1v) is 9.85. The average molecular weight is 406 g/mol. The number of nitrogens with one attached hydrogen (secondary N) is 1. The van der Waals surface area contributed by atoms with E-state index in [9.17, 15) is 4.39 Å². The molecule has 6 nitrogen and oxygen atoms in total. The second-order valence-electron chi connectivity index (χ2n) is 7.29. The Hall–Kier alpha value is -3.21. The molecule has 4 rings (SSSR count). The van der Waals surface area contributed by atoms with Crippen molar-refractivity contribution in [3.63, 3.8) is 0 Å². The number of halogens is 1. The molecule has 2 heterocycles. The van der Waals surface area contributed by atoms with Crippen molar-refractivity contribution in [2.75, 3.05) is 26.8 Å². The summed E-state index contributed by atoms with van der Waals surface area (Å²) >= 11 is 0. The fraction of sp³-hybridized carbons (Fsp3) is 0.304. The number of hydrogen-bond acceptors (Lipinski definition) is 5. The van der Waals surface area contributed by atoms with Gasteiger partial charge in [0.2, 0.25) is 0 Å². The molecule has 1 aliphatic rings. The van der Waals surface area contributed by atoms with Crippen molar-refractivity contribution >= 4 is 0 Å². The van der Waals surface area contributed by atoms with Crippen molar-refractivity contribution in [2.45, 2.75) is 19.4 Å². The van der Waals surface area contributed by atoms with Gasteiger partial charge in [-0.15, -0.1) is 0 Å². The van der Waals surface area contributed by atoms with Crippen LogP contribution in [0.3, 0.4) is 0 Å². The van der Waals surface area contributed by atoms with Gasteiger partial charge in [-0.3, -0.25) is 0 Å². The highest BCUT2D eigenvalue weighted by molar-refractivity contribution is 5.74. The van der Waals surface area contributed by atoms with E-state index in [1.54, 1.807) is 17.9 Å². The van der Waals surface area contributed by atoms with Crippen LogP contribution >= 0.6 is 0 Å². The van der Waals surface area contributed by atoms with E-state index in [2.05, 4.69) is 10.4 Å². The summed E-state index contributed by atoms with van der Waals surface area (Å²) in [6.07, 6.45) is 2.66. The van der Waals surface area contributed by atoms with E-state index in [1.165, 1.54) is 12.1 Å². The highest BCUT2D eigenvalue weighted by atomic mass is 19.1. The first kappa shape index (κ1) is 20.1. The van der Waals surface area contributed by atoms with Gasteiger partial charge in [-0.1, -0.05) is 12.1 Å². The number of hydrogen-bond donors (Lipinski definition) is 1. The lowest BCUT2D eigenvalue weighted by Crippen LogP contribution is -2.39. The molecule has 1 aromatic heterocycles. The molecule has 0 saturated carbocycles. The van der Waals surface area contributed by atoms with Crippen LogP contribution in [0.2, 0.25) is 0 Å². The van der Waals surface area contributed by atoms with Crippen LogP contribution in [0.4, 0.5) is 4.39 Å². The van der Waals surface area contributed by atoms with Crippen molar-refractivity contribution < 1.29 is 13.9 Å². The summed E-state index contributed by atoms with van der Waals surface area (Å²) in [4.78, 5) is 0. The molecule has 30 heavy (non-hydrogen) atoms. The number of benzene rings is 2. The van der Waals surface area contributed by atoms with Gasteiger partial charge in [0, 0.05) is 18.7 Å². The van der Waals surface area contributed by atoms with Crippen LogP contribution in [-0.4, -0.2) is 42.7 Å². The summed E-state index contributed by atoms with van der Waals surface area (Å²) in [7, 11) is 1.60. The number of nitriles is 1. The topological polar surface area (TPSA) is 72.1 Å². The predicted molar refractivity (Wildman–Crippen MR) is 111 cm³/mol. The predicted octanol–water partition coefficient (Wildman–Crippen LogP) is 3.40. The molecule has 2 aromatic carbocycles. The van der Waals surface area contributed by atoms with Gasteiger partial charge in [0.25, 0.3) is 0 Å². The Morgan fingerprint density at radius 3 is 2.87 bits per heavy atom. The zero-order valence-electron chi connectivity index (χ0n) is 17.0. The van der Waals surface area contributed by atoms with Crippen LogP contribution in [0, 0.1) is 24.1 Å². The smallest absolute Gasteiger partial charge is 0.160 e. The van der Waals surface area contributed by atoms with Crippen molar-refractivity contribution in [3.8, 4) is 28.6 Å². The summed E-state index contributed by atoms with van der Waals surface area (Å²) < 4.78 is 27.3. The van der Waals surface area contributed by atoms with Gasteiger partial charge in [0.15, 0.2) is 5.75 Å². The lowest BCUT2D eigenvalue weighted by atomic mass is 9.97. The molecule has 1 saturated heterocycles. The molecule has 1 unspecified atom stereocenters. The molecule has 1 N–H and O–H groups in total. The van der Waals surface area contributed by atoms with Crippen molar-refractivity contribution in [1.82, 2.24) is 15.1 Å². The van der Waals surface area contributed by atoms with Gasteiger partial charge in [0.1, 0.15) is 17.6 Å². The molecule has 3 aromatic rings. The maximum absolute atomic E-state index is 14.4. The first-order chi connectivity index (χ1) is 14.6. The second-order valence-corrected chi connectivity index (χ2v) is 7.29. The monoisotopic (exact) mass is 406 g/mol. The van der Waals surface area contributed by atoms with Crippen LogP contribution in [0.15, 0.2) is 42.6 Å². The molecular weight excluding hydrogens is 383 g/mol. The molecule has 154 valence electrons. The van der Waals surface area contributed by atoms with Gasteiger partial charge >= 0.3 is 0 Å². The van der Waals surface area contributed by atoms with Crippen molar-refractivity contribution in [2.24, 2.45) is 0 Å². The highest BCUT2D eigenvalue weighted by Crippen LogP contribution is 2.31. The molecular formula is C23H23FN4O2. The minimum Gasteiger partial charge on any atom is -0.493 e. The Morgan fingerprint density at radius 2 is 2.20 bits per heavy atom. The van der Waals surface area contributed by atoms with Gasteiger partial charge < -0.3 is 14.8 Å². The first-order valence-electron chi connectivity index (χ1n) is 9.85. The Balaban J connectivity index is 1.78. The lowest BCUT2D eigenvalue weighted by Gasteiger charge is -2.24. The molecule has 0 spiro atoms. The van der Waals surface area contributed by atoms with E-state index in [0.717, 1.165) is 42.0 Å². The van der Waals surface area contributed by atoms with Gasteiger partial charge in [-0.2, -0.15) is 10.4 Å². The standard InChI is InChI=1S/C23H23FN4O2/c1-15-23(29-2)14-28(27-15)22-6-3-16(9-19-13-26-7-8-30-19)10-20(22)17-4-5-18(12-25)21(24)11-17/h3-6,10-11,14,19,26H,7-9,13H2,1-2H3. The molecule has 0 amide bonds. The van der Waals surface area contributed by atoms with Gasteiger partial charge in [-0.25, -0.2) is 9.07 Å².